The topological polar surface area (TPSA) is 92.5 Å². The Morgan fingerprint density at radius 3 is 2.69 bits per heavy atom. The molecule has 1 aliphatic rings. The summed E-state index contributed by atoms with van der Waals surface area (Å²) in [6.45, 7) is 0.800. The number of hydrogen-bond donors (Lipinski definition) is 2. The van der Waals surface area contributed by atoms with Crippen molar-refractivity contribution in [1.29, 1.82) is 0 Å². The summed E-state index contributed by atoms with van der Waals surface area (Å²) in [7, 11) is -3.85. The molecule has 1 aliphatic heterocycles. The van der Waals surface area contributed by atoms with Gasteiger partial charge in [-0.05, 0) is 49.2 Å². The number of likely N-dealkylation sites (tertiary alicyclic amines) is 1. The normalized spacial score (nSPS) is 17.9. The molecular formula is C18H20FN3O3S. The van der Waals surface area contributed by atoms with Crippen LogP contribution in [-0.2, 0) is 10.0 Å². The summed E-state index contributed by atoms with van der Waals surface area (Å²) in [6.07, 6.45) is 1.28. The van der Waals surface area contributed by atoms with Crippen molar-refractivity contribution in [1.82, 2.24) is 9.62 Å². The van der Waals surface area contributed by atoms with E-state index in [4.69, 9.17) is 5.73 Å². The average Bonchev–Trinajstić information content (AvgIpc) is 2.61. The van der Waals surface area contributed by atoms with Gasteiger partial charge in [0.15, 0.2) is 0 Å². The molecule has 0 saturated carbocycles. The van der Waals surface area contributed by atoms with Gasteiger partial charge in [-0.1, -0.05) is 12.1 Å². The number of nitrogens with one attached hydrogen (secondary N) is 1. The first-order valence-electron chi connectivity index (χ1n) is 8.28. The third kappa shape index (κ3) is 4.20. The van der Waals surface area contributed by atoms with Gasteiger partial charge in [-0.3, -0.25) is 4.79 Å². The van der Waals surface area contributed by atoms with Crippen LogP contribution >= 0.6 is 0 Å². The van der Waals surface area contributed by atoms with Crippen molar-refractivity contribution in [3.63, 3.8) is 0 Å². The molecule has 1 amide bonds. The second-order valence-electron chi connectivity index (χ2n) is 6.29. The van der Waals surface area contributed by atoms with E-state index in [9.17, 15) is 17.6 Å². The zero-order valence-electron chi connectivity index (χ0n) is 14.1. The zero-order valence-corrected chi connectivity index (χ0v) is 14.9. The van der Waals surface area contributed by atoms with Gasteiger partial charge in [0.25, 0.3) is 5.91 Å². The Morgan fingerprint density at radius 2 is 1.96 bits per heavy atom. The van der Waals surface area contributed by atoms with Crippen LogP contribution in [0.25, 0.3) is 0 Å². The Labute approximate surface area is 151 Å². The van der Waals surface area contributed by atoms with Crippen LogP contribution in [0.5, 0.6) is 0 Å². The van der Waals surface area contributed by atoms with Gasteiger partial charge in [0.2, 0.25) is 10.0 Å². The largest absolute Gasteiger partial charge is 0.399 e. The van der Waals surface area contributed by atoms with Gasteiger partial charge in [0.05, 0.1) is 4.90 Å². The number of piperidine rings is 1. The van der Waals surface area contributed by atoms with Crippen LogP contribution in [0.1, 0.15) is 23.2 Å². The number of carbonyl (C=O) groups excluding carboxylic acids is 1. The molecule has 1 heterocycles. The summed E-state index contributed by atoms with van der Waals surface area (Å²) >= 11 is 0. The third-order valence-corrected chi connectivity index (χ3v) is 5.79. The Kier molecular flexibility index (Phi) is 5.24. The maximum absolute atomic E-state index is 13.3. The molecule has 3 rings (SSSR count). The third-order valence-electron chi connectivity index (χ3n) is 4.27. The molecule has 2 aromatic rings. The van der Waals surface area contributed by atoms with E-state index in [1.54, 1.807) is 29.2 Å². The fraction of sp³-hybridized carbons (Fsp3) is 0.278. The number of benzene rings is 2. The summed E-state index contributed by atoms with van der Waals surface area (Å²) in [5, 5.41) is 0. The van der Waals surface area contributed by atoms with Gasteiger partial charge in [0.1, 0.15) is 5.82 Å². The number of nitrogens with two attached hydrogens (primary N) is 1. The Morgan fingerprint density at radius 1 is 1.19 bits per heavy atom. The summed E-state index contributed by atoms with van der Waals surface area (Å²) in [5.41, 5.74) is 6.69. The molecule has 1 unspecified atom stereocenters. The highest BCUT2D eigenvalue weighted by Gasteiger charge is 2.28. The molecule has 26 heavy (non-hydrogen) atoms. The number of nitrogens with zero attached hydrogens (tertiary/aromatic N) is 1. The number of hydrogen-bond acceptors (Lipinski definition) is 4. The summed E-state index contributed by atoms with van der Waals surface area (Å²) < 4.78 is 40.8. The Hall–Kier alpha value is -2.45. The Bertz CT molecular complexity index is 917. The van der Waals surface area contributed by atoms with Crippen molar-refractivity contribution in [2.24, 2.45) is 0 Å². The lowest BCUT2D eigenvalue weighted by Crippen LogP contribution is -2.49. The molecule has 1 atom stereocenters. The summed E-state index contributed by atoms with van der Waals surface area (Å²) in [6, 6.07) is 11.1. The van der Waals surface area contributed by atoms with Crippen molar-refractivity contribution in [2.75, 3.05) is 18.8 Å². The fourth-order valence-corrected chi connectivity index (χ4v) is 4.33. The smallest absolute Gasteiger partial charge is 0.253 e. The average molecular weight is 377 g/mol. The lowest BCUT2D eigenvalue weighted by atomic mass is 10.1. The lowest BCUT2D eigenvalue weighted by molar-refractivity contribution is 0.0703. The molecule has 2 aromatic carbocycles. The zero-order chi connectivity index (χ0) is 18.7. The first kappa shape index (κ1) is 18.3. The number of nitrogen functional groups attached to an aromatic ring is 1. The second-order valence-corrected chi connectivity index (χ2v) is 8.01. The van der Waals surface area contributed by atoms with Gasteiger partial charge in [-0.2, -0.15) is 0 Å². The van der Waals surface area contributed by atoms with E-state index in [1.165, 1.54) is 18.2 Å². The summed E-state index contributed by atoms with van der Waals surface area (Å²) in [5.74, 6) is -0.804. The maximum atomic E-state index is 13.3. The molecule has 0 radical (unpaired) electrons. The van der Waals surface area contributed by atoms with Crippen LogP contribution in [0.15, 0.2) is 53.4 Å². The highest BCUT2D eigenvalue weighted by atomic mass is 32.2. The highest BCUT2D eigenvalue weighted by Crippen LogP contribution is 2.18. The number of amides is 1. The number of carbonyl (C=O) groups is 1. The van der Waals surface area contributed by atoms with Gasteiger partial charge in [-0.15, -0.1) is 0 Å². The van der Waals surface area contributed by atoms with Crippen LogP contribution < -0.4 is 10.5 Å². The minimum Gasteiger partial charge on any atom is -0.399 e. The molecule has 6 nitrogen and oxygen atoms in total. The lowest BCUT2D eigenvalue weighted by Gasteiger charge is -2.33. The molecule has 8 heteroatoms. The molecule has 0 bridgehead atoms. The van der Waals surface area contributed by atoms with Crippen molar-refractivity contribution in [3.8, 4) is 0 Å². The molecule has 138 valence electrons. The highest BCUT2D eigenvalue weighted by molar-refractivity contribution is 7.89. The van der Waals surface area contributed by atoms with E-state index in [0.29, 0.717) is 30.6 Å². The van der Waals surface area contributed by atoms with E-state index in [2.05, 4.69) is 4.72 Å². The van der Waals surface area contributed by atoms with Crippen LogP contribution in [0.4, 0.5) is 10.1 Å². The monoisotopic (exact) mass is 377 g/mol. The standard InChI is InChI=1S/C18H20FN3O3S/c19-14-5-2-8-17(11-14)26(24,25)21-16-7-3-9-22(12-16)18(23)13-4-1-6-15(20)10-13/h1-2,4-6,8,10-11,16,21H,3,7,9,12,20H2. The van der Waals surface area contributed by atoms with Gasteiger partial charge in [0, 0.05) is 30.4 Å². The van der Waals surface area contributed by atoms with Crippen molar-refractivity contribution in [3.05, 3.63) is 59.9 Å². The van der Waals surface area contributed by atoms with Crippen molar-refractivity contribution in [2.45, 2.75) is 23.8 Å². The van der Waals surface area contributed by atoms with Gasteiger partial charge < -0.3 is 10.6 Å². The van der Waals surface area contributed by atoms with Crippen molar-refractivity contribution >= 4 is 21.6 Å². The number of halogens is 1. The molecule has 0 aromatic heterocycles. The molecule has 0 aliphatic carbocycles. The minimum atomic E-state index is -3.85. The predicted octanol–water partition coefficient (Wildman–Crippen LogP) is 1.99. The van der Waals surface area contributed by atoms with E-state index < -0.39 is 21.9 Å². The molecule has 1 fully saturated rings. The Balaban J connectivity index is 1.71. The van der Waals surface area contributed by atoms with Crippen LogP contribution in [0.2, 0.25) is 0 Å². The first-order valence-corrected chi connectivity index (χ1v) is 9.76. The van der Waals surface area contributed by atoms with Gasteiger partial charge in [-0.25, -0.2) is 17.5 Å². The first-order chi connectivity index (χ1) is 12.3. The van der Waals surface area contributed by atoms with Crippen LogP contribution in [-0.4, -0.2) is 38.4 Å². The molecule has 0 spiro atoms. The van der Waals surface area contributed by atoms with Crippen LogP contribution in [0.3, 0.4) is 0 Å². The maximum Gasteiger partial charge on any atom is 0.253 e. The predicted molar refractivity (Wildman–Crippen MR) is 96.5 cm³/mol. The SMILES string of the molecule is Nc1cccc(C(=O)N2CCCC(NS(=O)(=O)c3cccc(F)c3)C2)c1. The summed E-state index contributed by atoms with van der Waals surface area (Å²) in [4.78, 5) is 14.1. The van der Waals surface area contributed by atoms with Crippen LogP contribution in [0, 0.1) is 5.82 Å². The van der Waals surface area contributed by atoms with Gasteiger partial charge >= 0.3 is 0 Å². The van der Waals surface area contributed by atoms with E-state index in [0.717, 1.165) is 6.07 Å². The van der Waals surface area contributed by atoms with Crippen molar-refractivity contribution < 1.29 is 17.6 Å². The molecule has 1 saturated heterocycles. The van der Waals surface area contributed by atoms with E-state index in [1.807, 2.05) is 0 Å². The fourth-order valence-electron chi connectivity index (χ4n) is 3.03. The minimum absolute atomic E-state index is 0.128. The quantitative estimate of drug-likeness (QED) is 0.797. The second kappa shape index (κ2) is 7.43. The molecule has 3 N–H and O–H groups in total. The number of rotatable bonds is 4. The number of anilines is 1. The van der Waals surface area contributed by atoms with E-state index in [-0.39, 0.29) is 17.3 Å². The van der Waals surface area contributed by atoms with E-state index >= 15 is 0 Å². The number of sulfonamides is 1. The molecular weight excluding hydrogens is 357 g/mol.